The SMILES string of the molecule is NCCCCCC(=O)N1CCCC1c1cccs1. The average Bonchev–Trinajstić information content (AvgIpc) is 3.02. The zero-order valence-electron chi connectivity index (χ0n) is 10.8. The lowest BCUT2D eigenvalue weighted by Gasteiger charge is -2.24. The average molecular weight is 266 g/mol. The normalized spacial score (nSPS) is 19.4. The van der Waals surface area contributed by atoms with E-state index in [4.69, 9.17) is 5.73 Å². The lowest BCUT2D eigenvalue weighted by molar-refractivity contribution is -0.132. The third kappa shape index (κ3) is 3.33. The Bertz CT molecular complexity index is 364. The molecule has 1 aliphatic heterocycles. The van der Waals surface area contributed by atoms with Crippen LogP contribution >= 0.6 is 11.3 Å². The van der Waals surface area contributed by atoms with Crippen molar-refractivity contribution in [3.05, 3.63) is 22.4 Å². The fourth-order valence-electron chi connectivity index (χ4n) is 2.58. The Labute approximate surface area is 113 Å². The number of nitrogens with zero attached hydrogens (tertiary/aromatic N) is 1. The molecule has 1 aromatic heterocycles. The summed E-state index contributed by atoms with van der Waals surface area (Å²) in [5.74, 6) is 0.322. The molecule has 0 spiro atoms. The van der Waals surface area contributed by atoms with Gasteiger partial charge in [-0.3, -0.25) is 4.79 Å². The van der Waals surface area contributed by atoms with Gasteiger partial charge in [0.05, 0.1) is 6.04 Å². The van der Waals surface area contributed by atoms with Gasteiger partial charge < -0.3 is 10.6 Å². The molecule has 1 unspecified atom stereocenters. The molecule has 18 heavy (non-hydrogen) atoms. The first kappa shape index (κ1) is 13.6. The lowest BCUT2D eigenvalue weighted by atomic mass is 10.1. The summed E-state index contributed by atoms with van der Waals surface area (Å²) in [7, 11) is 0. The van der Waals surface area contributed by atoms with Gasteiger partial charge in [-0.25, -0.2) is 0 Å². The first-order chi connectivity index (χ1) is 8.83. The summed E-state index contributed by atoms with van der Waals surface area (Å²) in [6.07, 6.45) is 6.01. The molecule has 0 aromatic carbocycles. The van der Waals surface area contributed by atoms with Gasteiger partial charge in [0.2, 0.25) is 5.91 Å². The third-order valence-electron chi connectivity index (χ3n) is 3.54. The molecule has 0 radical (unpaired) electrons. The molecule has 0 aliphatic carbocycles. The molecule has 4 heteroatoms. The fraction of sp³-hybridized carbons (Fsp3) is 0.643. The van der Waals surface area contributed by atoms with E-state index in [0.29, 0.717) is 18.4 Å². The number of nitrogens with two attached hydrogens (primary N) is 1. The molecule has 1 aromatic rings. The van der Waals surface area contributed by atoms with Crippen LogP contribution < -0.4 is 5.73 Å². The van der Waals surface area contributed by atoms with Gasteiger partial charge in [-0.1, -0.05) is 12.5 Å². The molecular formula is C14H22N2OS. The van der Waals surface area contributed by atoms with Crippen molar-refractivity contribution in [2.24, 2.45) is 5.73 Å². The van der Waals surface area contributed by atoms with Crippen molar-refractivity contribution in [3.8, 4) is 0 Å². The number of hydrogen-bond acceptors (Lipinski definition) is 3. The monoisotopic (exact) mass is 266 g/mol. The molecule has 1 aliphatic rings. The zero-order valence-corrected chi connectivity index (χ0v) is 11.6. The predicted molar refractivity (Wildman–Crippen MR) is 75.5 cm³/mol. The first-order valence-electron chi connectivity index (χ1n) is 6.86. The van der Waals surface area contributed by atoms with E-state index in [1.165, 1.54) is 4.88 Å². The predicted octanol–water partition coefficient (Wildman–Crippen LogP) is 2.93. The number of likely N-dealkylation sites (tertiary alicyclic amines) is 1. The largest absolute Gasteiger partial charge is 0.335 e. The summed E-state index contributed by atoms with van der Waals surface area (Å²) < 4.78 is 0. The van der Waals surface area contributed by atoms with E-state index in [2.05, 4.69) is 22.4 Å². The van der Waals surface area contributed by atoms with E-state index >= 15 is 0 Å². The minimum absolute atomic E-state index is 0.322. The zero-order chi connectivity index (χ0) is 12.8. The van der Waals surface area contributed by atoms with Gasteiger partial charge in [-0.2, -0.15) is 0 Å². The summed E-state index contributed by atoms with van der Waals surface area (Å²) in [6.45, 7) is 1.66. The standard InChI is InChI=1S/C14H22N2OS/c15-9-3-1-2-8-14(17)16-10-4-6-12(16)13-7-5-11-18-13/h5,7,11-12H,1-4,6,8-10,15H2. The molecule has 0 saturated carbocycles. The summed E-state index contributed by atoms with van der Waals surface area (Å²) in [6, 6.07) is 4.56. The van der Waals surface area contributed by atoms with Crippen molar-refractivity contribution in [1.29, 1.82) is 0 Å². The van der Waals surface area contributed by atoms with E-state index in [0.717, 1.165) is 45.2 Å². The molecule has 1 amide bonds. The molecule has 1 fully saturated rings. The lowest BCUT2D eigenvalue weighted by Crippen LogP contribution is -2.29. The second-order valence-electron chi connectivity index (χ2n) is 4.86. The second-order valence-corrected chi connectivity index (χ2v) is 5.84. The van der Waals surface area contributed by atoms with Crippen molar-refractivity contribution >= 4 is 17.2 Å². The van der Waals surface area contributed by atoms with Crippen molar-refractivity contribution in [1.82, 2.24) is 4.90 Å². The van der Waals surface area contributed by atoms with E-state index in [9.17, 15) is 4.79 Å². The summed E-state index contributed by atoms with van der Waals surface area (Å²) in [4.78, 5) is 15.6. The Hall–Kier alpha value is -0.870. The van der Waals surface area contributed by atoms with Crippen LogP contribution in [0.15, 0.2) is 17.5 Å². The molecule has 2 rings (SSSR count). The van der Waals surface area contributed by atoms with Gasteiger partial charge >= 0.3 is 0 Å². The Morgan fingerprint density at radius 1 is 1.44 bits per heavy atom. The van der Waals surface area contributed by atoms with Gasteiger partial charge in [-0.15, -0.1) is 11.3 Å². The first-order valence-corrected chi connectivity index (χ1v) is 7.74. The molecule has 2 N–H and O–H groups in total. The smallest absolute Gasteiger partial charge is 0.223 e. The van der Waals surface area contributed by atoms with Crippen LogP contribution in [0.1, 0.15) is 49.4 Å². The minimum Gasteiger partial charge on any atom is -0.335 e. The Morgan fingerprint density at radius 3 is 3.06 bits per heavy atom. The molecule has 3 nitrogen and oxygen atoms in total. The highest BCUT2D eigenvalue weighted by atomic mass is 32.1. The van der Waals surface area contributed by atoms with Gasteiger partial charge in [0, 0.05) is 17.8 Å². The number of carbonyl (C=O) groups excluding carboxylic acids is 1. The maximum atomic E-state index is 12.2. The number of thiophene rings is 1. The summed E-state index contributed by atoms with van der Waals surface area (Å²) in [5.41, 5.74) is 5.46. The summed E-state index contributed by atoms with van der Waals surface area (Å²) in [5, 5.41) is 2.09. The van der Waals surface area contributed by atoms with E-state index < -0.39 is 0 Å². The maximum Gasteiger partial charge on any atom is 0.223 e. The van der Waals surface area contributed by atoms with Crippen LogP contribution in [0.2, 0.25) is 0 Å². The molecule has 0 bridgehead atoms. The van der Waals surface area contributed by atoms with Crippen molar-refractivity contribution in [3.63, 3.8) is 0 Å². The molecule has 100 valence electrons. The highest BCUT2D eigenvalue weighted by Gasteiger charge is 2.29. The van der Waals surface area contributed by atoms with Gasteiger partial charge in [0.15, 0.2) is 0 Å². The van der Waals surface area contributed by atoms with Crippen LogP contribution in [0.5, 0.6) is 0 Å². The van der Waals surface area contributed by atoms with Crippen molar-refractivity contribution in [2.45, 2.75) is 44.6 Å². The van der Waals surface area contributed by atoms with Crippen molar-refractivity contribution < 1.29 is 4.79 Å². The molecular weight excluding hydrogens is 244 g/mol. The Kier molecular flexibility index (Phi) is 5.20. The van der Waals surface area contributed by atoms with E-state index in [1.54, 1.807) is 11.3 Å². The third-order valence-corrected chi connectivity index (χ3v) is 4.51. The molecule has 1 atom stereocenters. The Balaban J connectivity index is 1.85. The fourth-order valence-corrected chi connectivity index (χ4v) is 3.46. The minimum atomic E-state index is 0.322. The summed E-state index contributed by atoms with van der Waals surface area (Å²) >= 11 is 1.76. The van der Waals surface area contributed by atoms with Crippen LogP contribution in [-0.2, 0) is 4.79 Å². The van der Waals surface area contributed by atoms with Gasteiger partial charge in [-0.05, 0) is 43.7 Å². The highest BCUT2D eigenvalue weighted by molar-refractivity contribution is 7.10. The van der Waals surface area contributed by atoms with Gasteiger partial charge in [0.1, 0.15) is 0 Å². The number of amides is 1. The number of rotatable bonds is 6. The van der Waals surface area contributed by atoms with Crippen LogP contribution in [0, 0.1) is 0 Å². The number of unbranched alkanes of at least 4 members (excludes halogenated alkanes) is 2. The van der Waals surface area contributed by atoms with Crippen molar-refractivity contribution in [2.75, 3.05) is 13.1 Å². The highest BCUT2D eigenvalue weighted by Crippen LogP contribution is 2.34. The number of hydrogen-bond donors (Lipinski definition) is 1. The maximum absolute atomic E-state index is 12.2. The van der Waals surface area contributed by atoms with Gasteiger partial charge in [0.25, 0.3) is 0 Å². The van der Waals surface area contributed by atoms with E-state index in [-0.39, 0.29) is 0 Å². The van der Waals surface area contributed by atoms with Crippen LogP contribution in [0.3, 0.4) is 0 Å². The Morgan fingerprint density at radius 2 is 2.33 bits per heavy atom. The van der Waals surface area contributed by atoms with E-state index in [1.807, 2.05) is 0 Å². The van der Waals surface area contributed by atoms with Crippen LogP contribution in [-0.4, -0.2) is 23.9 Å². The van der Waals surface area contributed by atoms with Crippen LogP contribution in [0.25, 0.3) is 0 Å². The second kappa shape index (κ2) is 6.90. The molecule has 1 saturated heterocycles. The number of carbonyl (C=O) groups is 1. The quantitative estimate of drug-likeness (QED) is 0.805. The molecule has 2 heterocycles. The topological polar surface area (TPSA) is 46.3 Å². The van der Waals surface area contributed by atoms with Crippen LogP contribution in [0.4, 0.5) is 0 Å².